The zero-order chi connectivity index (χ0) is 13.7. The van der Waals surface area contributed by atoms with Gasteiger partial charge in [0.15, 0.2) is 0 Å². The summed E-state index contributed by atoms with van der Waals surface area (Å²) in [5.41, 5.74) is 0.616. The number of amides is 1. The van der Waals surface area contributed by atoms with Gasteiger partial charge in [0, 0.05) is 44.0 Å². The van der Waals surface area contributed by atoms with Gasteiger partial charge in [0.05, 0.1) is 5.60 Å². The van der Waals surface area contributed by atoms with Gasteiger partial charge in [0.2, 0.25) is 0 Å². The molecular formula is C14H18ClNO3. The standard InChI is InChI=1S/C14H18ClNO3/c15-9-11-2-1-3-12(8-11)13(17)16-10-14(18)4-6-19-7-5-14/h1-3,8,18H,4-7,9-10H2,(H,16,17). The Balaban J connectivity index is 1.93. The molecule has 2 N–H and O–H groups in total. The quantitative estimate of drug-likeness (QED) is 0.827. The van der Waals surface area contributed by atoms with Crippen molar-refractivity contribution in [2.75, 3.05) is 19.8 Å². The van der Waals surface area contributed by atoms with Gasteiger partial charge in [-0.15, -0.1) is 11.6 Å². The summed E-state index contributed by atoms with van der Waals surface area (Å²) in [6, 6.07) is 7.17. The number of rotatable bonds is 4. The molecule has 4 nitrogen and oxygen atoms in total. The van der Waals surface area contributed by atoms with Crippen LogP contribution in [-0.2, 0) is 10.6 Å². The third kappa shape index (κ3) is 3.93. The number of carbonyl (C=O) groups excluding carboxylic acids is 1. The van der Waals surface area contributed by atoms with E-state index < -0.39 is 5.60 Å². The van der Waals surface area contributed by atoms with Gasteiger partial charge in [0.25, 0.3) is 5.91 Å². The molecule has 0 atom stereocenters. The summed E-state index contributed by atoms with van der Waals surface area (Å²) in [5.74, 6) is 0.189. The normalized spacial score (nSPS) is 18.0. The highest BCUT2D eigenvalue weighted by Gasteiger charge is 2.30. The lowest BCUT2D eigenvalue weighted by Crippen LogP contribution is -2.46. The molecule has 0 bridgehead atoms. The number of benzene rings is 1. The van der Waals surface area contributed by atoms with E-state index in [9.17, 15) is 9.90 Å². The van der Waals surface area contributed by atoms with Crippen molar-refractivity contribution in [2.24, 2.45) is 0 Å². The predicted octanol–water partition coefficient (Wildman–Crippen LogP) is 1.70. The van der Waals surface area contributed by atoms with Gasteiger partial charge in [-0.25, -0.2) is 0 Å². The maximum absolute atomic E-state index is 12.0. The van der Waals surface area contributed by atoms with Crippen LogP contribution in [0.5, 0.6) is 0 Å². The van der Waals surface area contributed by atoms with Crippen LogP contribution >= 0.6 is 11.6 Å². The molecule has 1 aliphatic rings. The molecule has 1 aromatic carbocycles. The second kappa shape index (κ2) is 6.37. The summed E-state index contributed by atoms with van der Waals surface area (Å²) in [5, 5.41) is 13.0. The first kappa shape index (κ1) is 14.3. The number of nitrogens with one attached hydrogen (secondary N) is 1. The summed E-state index contributed by atoms with van der Waals surface area (Å²) < 4.78 is 5.20. The number of aliphatic hydroxyl groups is 1. The highest BCUT2D eigenvalue weighted by molar-refractivity contribution is 6.17. The highest BCUT2D eigenvalue weighted by Crippen LogP contribution is 2.19. The van der Waals surface area contributed by atoms with Gasteiger partial charge < -0.3 is 15.2 Å². The minimum Gasteiger partial charge on any atom is -0.388 e. The Morgan fingerprint density at radius 3 is 2.84 bits per heavy atom. The van der Waals surface area contributed by atoms with Crippen LogP contribution in [0.15, 0.2) is 24.3 Å². The summed E-state index contributed by atoms with van der Waals surface area (Å²) in [7, 11) is 0. The Morgan fingerprint density at radius 1 is 1.42 bits per heavy atom. The van der Waals surface area contributed by atoms with Crippen LogP contribution in [0.2, 0.25) is 0 Å². The summed E-state index contributed by atoms with van der Waals surface area (Å²) in [6.07, 6.45) is 1.10. The molecule has 1 fully saturated rings. The number of halogens is 1. The fourth-order valence-electron chi connectivity index (χ4n) is 2.07. The van der Waals surface area contributed by atoms with Gasteiger partial charge in [-0.1, -0.05) is 12.1 Å². The molecule has 104 valence electrons. The summed E-state index contributed by atoms with van der Waals surface area (Å²) in [4.78, 5) is 12.0. The van der Waals surface area contributed by atoms with Gasteiger partial charge in [0.1, 0.15) is 0 Å². The van der Waals surface area contributed by atoms with Crippen LogP contribution in [-0.4, -0.2) is 36.4 Å². The largest absolute Gasteiger partial charge is 0.388 e. The Morgan fingerprint density at radius 2 is 2.16 bits per heavy atom. The molecule has 1 saturated heterocycles. The summed E-state index contributed by atoms with van der Waals surface area (Å²) >= 11 is 5.74. The van der Waals surface area contributed by atoms with E-state index in [2.05, 4.69) is 5.32 Å². The van der Waals surface area contributed by atoms with Crippen LogP contribution in [0.1, 0.15) is 28.8 Å². The second-order valence-electron chi connectivity index (χ2n) is 4.85. The van der Waals surface area contributed by atoms with Crippen molar-refractivity contribution >= 4 is 17.5 Å². The lowest BCUT2D eigenvalue weighted by molar-refractivity contribution is -0.0605. The van der Waals surface area contributed by atoms with Crippen molar-refractivity contribution in [3.63, 3.8) is 0 Å². The van der Waals surface area contributed by atoms with E-state index >= 15 is 0 Å². The van der Waals surface area contributed by atoms with E-state index in [1.807, 2.05) is 6.07 Å². The third-order valence-electron chi connectivity index (χ3n) is 3.34. The number of hydrogen-bond acceptors (Lipinski definition) is 3. The number of hydrogen-bond donors (Lipinski definition) is 2. The molecule has 1 heterocycles. The average molecular weight is 284 g/mol. The highest BCUT2D eigenvalue weighted by atomic mass is 35.5. The van der Waals surface area contributed by atoms with Crippen molar-refractivity contribution < 1.29 is 14.6 Å². The van der Waals surface area contributed by atoms with Gasteiger partial charge >= 0.3 is 0 Å². The summed E-state index contributed by atoms with van der Waals surface area (Å²) in [6.45, 7) is 1.32. The lowest BCUT2D eigenvalue weighted by Gasteiger charge is -2.32. The molecule has 19 heavy (non-hydrogen) atoms. The smallest absolute Gasteiger partial charge is 0.251 e. The van der Waals surface area contributed by atoms with Crippen molar-refractivity contribution in [1.29, 1.82) is 0 Å². The SMILES string of the molecule is O=C(NCC1(O)CCOCC1)c1cccc(CCl)c1. The Hall–Kier alpha value is -1.10. The van der Waals surface area contributed by atoms with E-state index in [4.69, 9.17) is 16.3 Å². The number of alkyl halides is 1. The fourth-order valence-corrected chi connectivity index (χ4v) is 2.24. The monoisotopic (exact) mass is 283 g/mol. The minimum atomic E-state index is -0.849. The lowest BCUT2D eigenvalue weighted by atomic mass is 9.94. The molecule has 0 unspecified atom stereocenters. The van der Waals surface area contributed by atoms with E-state index in [1.54, 1.807) is 18.2 Å². The average Bonchev–Trinajstić information content (AvgIpc) is 2.46. The molecule has 0 aromatic heterocycles. The van der Waals surface area contributed by atoms with Gasteiger partial charge in [-0.3, -0.25) is 4.79 Å². The van der Waals surface area contributed by atoms with E-state index in [0.717, 1.165) is 5.56 Å². The maximum Gasteiger partial charge on any atom is 0.251 e. The molecule has 0 radical (unpaired) electrons. The van der Waals surface area contributed by atoms with Crippen molar-refractivity contribution in [3.05, 3.63) is 35.4 Å². The molecule has 1 aromatic rings. The second-order valence-corrected chi connectivity index (χ2v) is 5.12. The van der Waals surface area contributed by atoms with E-state index in [1.165, 1.54) is 0 Å². The first-order valence-corrected chi connectivity index (χ1v) is 6.90. The number of ether oxygens (including phenoxy) is 1. The van der Waals surface area contributed by atoms with Crippen LogP contribution in [0.3, 0.4) is 0 Å². The zero-order valence-corrected chi connectivity index (χ0v) is 11.4. The van der Waals surface area contributed by atoms with Gasteiger partial charge in [-0.05, 0) is 17.7 Å². The van der Waals surface area contributed by atoms with Crippen molar-refractivity contribution in [3.8, 4) is 0 Å². The Labute approximate surface area is 117 Å². The van der Waals surface area contributed by atoms with Crippen LogP contribution < -0.4 is 5.32 Å². The molecule has 0 aliphatic carbocycles. The topological polar surface area (TPSA) is 58.6 Å². The van der Waals surface area contributed by atoms with Crippen molar-refractivity contribution in [2.45, 2.75) is 24.3 Å². The Kier molecular flexibility index (Phi) is 4.80. The van der Waals surface area contributed by atoms with Crippen LogP contribution in [0, 0.1) is 0 Å². The van der Waals surface area contributed by atoms with Gasteiger partial charge in [-0.2, -0.15) is 0 Å². The zero-order valence-electron chi connectivity index (χ0n) is 10.7. The number of carbonyl (C=O) groups is 1. The fraction of sp³-hybridized carbons (Fsp3) is 0.500. The minimum absolute atomic E-state index is 0.188. The molecule has 2 rings (SSSR count). The first-order chi connectivity index (χ1) is 9.13. The molecule has 5 heteroatoms. The molecular weight excluding hydrogens is 266 g/mol. The van der Waals surface area contributed by atoms with Crippen LogP contribution in [0.25, 0.3) is 0 Å². The van der Waals surface area contributed by atoms with Crippen molar-refractivity contribution in [1.82, 2.24) is 5.32 Å². The van der Waals surface area contributed by atoms with E-state index in [-0.39, 0.29) is 12.5 Å². The molecule has 1 amide bonds. The molecule has 0 saturated carbocycles. The Bertz CT molecular complexity index is 444. The molecule has 1 aliphatic heterocycles. The third-order valence-corrected chi connectivity index (χ3v) is 3.65. The first-order valence-electron chi connectivity index (χ1n) is 6.36. The molecule has 0 spiro atoms. The maximum atomic E-state index is 12.0. The van der Waals surface area contributed by atoms with Crippen LogP contribution in [0.4, 0.5) is 0 Å². The predicted molar refractivity (Wildman–Crippen MR) is 73.3 cm³/mol. The van der Waals surface area contributed by atoms with E-state index in [0.29, 0.717) is 37.5 Å².